The molecule has 3 nitrogen and oxygen atoms in total. The molecule has 0 aliphatic heterocycles. The van der Waals surface area contributed by atoms with Gasteiger partial charge < -0.3 is 5.32 Å². The summed E-state index contributed by atoms with van der Waals surface area (Å²) in [6.07, 6.45) is 2.11. The van der Waals surface area contributed by atoms with E-state index in [0.29, 0.717) is 17.7 Å². The van der Waals surface area contributed by atoms with Crippen molar-refractivity contribution in [2.24, 2.45) is 0 Å². The highest BCUT2D eigenvalue weighted by atomic mass is 32.2. The van der Waals surface area contributed by atoms with Crippen LogP contribution >= 0.6 is 24.4 Å². The van der Waals surface area contributed by atoms with Gasteiger partial charge in [0.15, 0.2) is 0 Å². The number of nitrogens with one attached hydrogen (secondary N) is 1. The SMILES string of the molecule is CSC(=O)c1ccc(NC(=O)CC(C)S)cc1. The minimum absolute atomic E-state index is 0.0202. The van der Waals surface area contributed by atoms with E-state index in [2.05, 4.69) is 17.9 Å². The van der Waals surface area contributed by atoms with Crippen molar-refractivity contribution in [1.29, 1.82) is 0 Å². The van der Waals surface area contributed by atoms with Gasteiger partial charge in [0.2, 0.25) is 11.0 Å². The maximum Gasteiger partial charge on any atom is 0.225 e. The van der Waals surface area contributed by atoms with Crippen molar-refractivity contribution in [3.05, 3.63) is 29.8 Å². The molecule has 0 aliphatic carbocycles. The van der Waals surface area contributed by atoms with Gasteiger partial charge in [-0.1, -0.05) is 18.7 Å². The van der Waals surface area contributed by atoms with Crippen LogP contribution in [0.4, 0.5) is 5.69 Å². The minimum Gasteiger partial charge on any atom is -0.326 e. The van der Waals surface area contributed by atoms with Gasteiger partial charge in [0.25, 0.3) is 0 Å². The zero-order valence-corrected chi connectivity index (χ0v) is 11.5. The molecule has 0 saturated heterocycles. The lowest BCUT2D eigenvalue weighted by atomic mass is 10.2. The predicted octanol–water partition coefficient (Wildman–Crippen LogP) is 2.84. The highest BCUT2D eigenvalue weighted by molar-refractivity contribution is 8.13. The summed E-state index contributed by atoms with van der Waals surface area (Å²) in [4.78, 5) is 22.8. The third-order valence-electron chi connectivity index (χ3n) is 2.07. The van der Waals surface area contributed by atoms with Crippen molar-refractivity contribution in [2.45, 2.75) is 18.6 Å². The van der Waals surface area contributed by atoms with E-state index in [4.69, 9.17) is 0 Å². The van der Waals surface area contributed by atoms with E-state index >= 15 is 0 Å². The Morgan fingerprint density at radius 1 is 1.35 bits per heavy atom. The van der Waals surface area contributed by atoms with Crippen molar-refractivity contribution >= 4 is 41.1 Å². The largest absolute Gasteiger partial charge is 0.326 e. The lowest BCUT2D eigenvalue weighted by Gasteiger charge is -2.07. The number of carbonyl (C=O) groups is 2. The molecule has 1 N–H and O–H groups in total. The highest BCUT2D eigenvalue weighted by Crippen LogP contribution is 2.14. The molecule has 0 aliphatic rings. The first-order chi connectivity index (χ1) is 8.02. The van der Waals surface area contributed by atoms with Gasteiger partial charge in [0, 0.05) is 22.9 Å². The molecule has 1 aromatic rings. The number of hydrogen-bond donors (Lipinski definition) is 2. The summed E-state index contributed by atoms with van der Waals surface area (Å²) in [6.45, 7) is 1.86. The van der Waals surface area contributed by atoms with E-state index in [1.807, 2.05) is 6.92 Å². The molecule has 0 aromatic heterocycles. The quantitative estimate of drug-likeness (QED) is 0.826. The Morgan fingerprint density at radius 2 is 1.94 bits per heavy atom. The summed E-state index contributed by atoms with van der Waals surface area (Å²) in [5.74, 6) is -0.0727. The predicted molar refractivity (Wildman–Crippen MR) is 76.0 cm³/mol. The molecule has 0 radical (unpaired) electrons. The highest BCUT2D eigenvalue weighted by Gasteiger charge is 2.07. The van der Waals surface area contributed by atoms with Gasteiger partial charge in [0.05, 0.1) is 0 Å². The summed E-state index contributed by atoms with van der Waals surface area (Å²) in [6, 6.07) is 6.87. The second kappa shape index (κ2) is 6.71. The first kappa shape index (κ1) is 14.1. The zero-order chi connectivity index (χ0) is 12.8. The van der Waals surface area contributed by atoms with Gasteiger partial charge in [-0.15, -0.1) is 0 Å². The van der Waals surface area contributed by atoms with Gasteiger partial charge in [-0.25, -0.2) is 0 Å². The van der Waals surface area contributed by atoms with Gasteiger partial charge in [-0.05, 0) is 30.5 Å². The average Bonchev–Trinajstić information content (AvgIpc) is 2.28. The average molecular weight is 269 g/mol. The van der Waals surface area contributed by atoms with Crippen LogP contribution in [0.25, 0.3) is 0 Å². The fourth-order valence-electron chi connectivity index (χ4n) is 1.29. The summed E-state index contributed by atoms with van der Waals surface area (Å²) >= 11 is 5.32. The Kier molecular flexibility index (Phi) is 5.58. The van der Waals surface area contributed by atoms with Crippen LogP contribution in [0.5, 0.6) is 0 Å². The lowest BCUT2D eigenvalue weighted by Crippen LogP contribution is -2.15. The van der Waals surface area contributed by atoms with E-state index in [0.717, 1.165) is 0 Å². The smallest absolute Gasteiger partial charge is 0.225 e. The number of benzene rings is 1. The van der Waals surface area contributed by atoms with Gasteiger partial charge >= 0.3 is 0 Å². The number of thioether (sulfide) groups is 1. The standard InChI is InChI=1S/C12H15NO2S2/c1-8(16)7-11(14)13-10-5-3-9(4-6-10)12(15)17-2/h3-6,8,16H,7H2,1-2H3,(H,13,14). The fraction of sp³-hybridized carbons (Fsp3) is 0.333. The molecule has 1 amide bonds. The van der Waals surface area contributed by atoms with Crippen molar-refractivity contribution in [1.82, 2.24) is 0 Å². The molecule has 5 heteroatoms. The molecule has 1 aromatic carbocycles. The van der Waals surface area contributed by atoms with Crippen LogP contribution in [0.15, 0.2) is 24.3 Å². The maximum atomic E-state index is 11.5. The minimum atomic E-state index is -0.0727. The Labute approximate surface area is 111 Å². The first-order valence-electron chi connectivity index (χ1n) is 5.19. The molecule has 0 saturated carbocycles. The van der Waals surface area contributed by atoms with Crippen LogP contribution < -0.4 is 5.32 Å². The van der Waals surface area contributed by atoms with Crippen LogP contribution in [-0.4, -0.2) is 22.5 Å². The fourth-order valence-corrected chi connectivity index (χ4v) is 1.83. The first-order valence-corrected chi connectivity index (χ1v) is 6.93. The molecule has 0 fully saturated rings. The van der Waals surface area contributed by atoms with Crippen LogP contribution in [0.3, 0.4) is 0 Å². The Morgan fingerprint density at radius 3 is 2.41 bits per heavy atom. The molecule has 1 atom stereocenters. The van der Waals surface area contributed by atoms with Crippen LogP contribution in [0.2, 0.25) is 0 Å². The Balaban J connectivity index is 2.62. The van der Waals surface area contributed by atoms with Crippen molar-refractivity contribution in [3.8, 4) is 0 Å². The molecule has 17 heavy (non-hydrogen) atoms. The number of thiol groups is 1. The van der Waals surface area contributed by atoms with Crippen LogP contribution in [-0.2, 0) is 4.79 Å². The van der Waals surface area contributed by atoms with E-state index < -0.39 is 0 Å². The normalized spacial score (nSPS) is 11.9. The third kappa shape index (κ3) is 4.83. The number of carbonyl (C=O) groups excluding carboxylic acids is 2. The van der Waals surface area contributed by atoms with Crippen LogP contribution in [0, 0.1) is 0 Å². The van der Waals surface area contributed by atoms with E-state index in [9.17, 15) is 9.59 Å². The van der Waals surface area contributed by atoms with Gasteiger partial charge in [0.1, 0.15) is 0 Å². The van der Waals surface area contributed by atoms with E-state index in [-0.39, 0.29) is 16.3 Å². The van der Waals surface area contributed by atoms with E-state index in [1.165, 1.54) is 11.8 Å². The number of rotatable bonds is 4. The number of anilines is 1. The van der Waals surface area contributed by atoms with E-state index in [1.54, 1.807) is 30.5 Å². The monoisotopic (exact) mass is 269 g/mol. The van der Waals surface area contributed by atoms with Crippen LogP contribution in [0.1, 0.15) is 23.7 Å². The molecule has 0 heterocycles. The zero-order valence-electron chi connectivity index (χ0n) is 9.77. The lowest BCUT2D eigenvalue weighted by molar-refractivity contribution is -0.116. The second-order valence-corrected chi connectivity index (χ2v) is 5.33. The maximum absolute atomic E-state index is 11.5. The molecule has 92 valence electrons. The summed E-state index contributed by atoms with van der Waals surface area (Å²) in [5.41, 5.74) is 1.33. The number of amides is 1. The third-order valence-corrected chi connectivity index (χ3v) is 2.86. The Hall–Kier alpha value is -0.940. The topological polar surface area (TPSA) is 46.2 Å². The molecule has 0 bridgehead atoms. The van der Waals surface area contributed by atoms with Crippen molar-refractivity contribution in [2.75, 3.05) is 11.6 Å². The number of hydrogen-bond acceptors (Lipinski definition) is 4. The summed E-state index contributed by atoms with van der Waals surface area (Å²) in [7, 11) is 0. The summed E-state index contributed by atoms with van der Waals surface area (Å²) in [5, 5.41) is 2.81. The molecular weight excluding hydrogens is 254 g/mol. The van der Waals surface area contributed by atoms with Crippen molar-refractivity contribution < 1.29 is 9.59 Å². The van der Waals surface area contributed by atoms with Gasteiger partial charge in [-0.3, -0.25) is 9.59 Å². The Bertz CT molecular complexity index is 401. The molecular formula is C12H15NO2S2. The van der Waals surface area contributed by atoms with Crippen molar-refractivity contribution in [3.63, 3.8) is 0 Å². The molecule has 1 rings (SSSR count). The summed E-state index contributed by atoms with van der Waals surface area (Å²) < 4.78 is 0. The molecule has 1 unspecified atom stereocenters. The second-order valence-electron chi connectivity index (χ2n) is 3.67. The van der Waals surface area contributed by atoms with Gasteiger partial charge in [-0.2, -0.15) is 12.6 Å². The molecule has 0 spiro atoms.